The van der Waals surface area contributed by atoms with E-state index in [1.54, 1.807) is 25.0 Å². The summed E-state index contributed by atoms with van der Waals surface area (Å²) in [5.41, 5.74) is 0.238. The van der Waals surface area contributed by atoms with Crippen LogP contribution in [-0.2, 0) is 11.3 Å². The van der Waals surface area contributed by atoms with Gasteiger partial charge in [0.25, 0.3) is 5.91 Å². The van der Waals surface area contributed by atoms with Gasteiger partial charge in [0.15, 0.2) is 11.3 Å². The second-order valence-corrected chi connectivity index (χ2v) is 7.77. The number of furan rings is 1. The topological polar surface area (TPSA) is 81.0 Å². The van der Waals surface area contributed by atoms with Crippen LogP contribution in [0.15, 0.2) is 52.9 Å². The predicted octanol–water partition coefficient (Wildman–Crippen LogP) is 3.76. The van der Waals surface area contributed by atoms with Gasteiger partial charge >= 0.3 is 0 Å². The SMILES string of the molecule is CCCN1C(=O)c2oc3ccccc3c2OCC1(C)C(=O)NCc1ccccc1OC. The molecule has 31 heavy (non-hydrogen) atoms. The fourth-order valence-corrected chi connectivity index (χ4v) is 3.92. The van der Waals surface area contributed by atoms with E-state index in [0.717, 1.165) is 10.9 Å². The quantitative estimate of drug-likeness (QED) is 0.654. The minimum Gasteiger partial charge on any atom is -0.496 e. The summed E-state index contributed by atoms with van der Waals surface area (Å²) in [6.07, 6.45) is 0.691. The third kappa shape index (κ3) is 3.60. The summed E-state index contributed by atoms with van der Waals surface area (Å²) in [6, 6.07) is 14.8. The Balaban J connectivity index is 1.64. The highest BCUT2D eigenvalue weighted by Crippen LogP contribution is 2.38. The number of methoxy groups -OCH3 is 1. The molecule has 1 aliphatic rings. The normalized spacial score (nSPS) is 18.3. The third-order valence-corrected chi connectivity index (χ3v) is 5.65. The van der Waals surface area contributed by atoms with E-state index in [9.17, 15) is 9.59 Å². The van der Waals surface area contributed by atoms with Crippen molar-refractivity contribution in [2.75, 3.05) is 20.3 Å². The number of hydrogen-bond donors (Lipinski definition) is 1. The van der Waals surface area contributed by atoms with E-state index in [0.29, 0.717) is 30.0 Å². The van der Waals surface area contributed by atoms with Gasteiger partial charge in [-0.2, -0.15) is 0 Å². The number of rotatable bonds is 6. The zero-order valence-corrected chi connectivity index (χ0v) is 17.9. The summed E-state index contributed by atoms with van der Waals surface area (Å²) in [5.74, 6) is 0.575. The molecule has 1 aromatic heterocycles. The molecule has 4 rings (SSSR count). The van der Waals surface area contributed by atoms with Crippen LogP contribution >= 0.6 is 0 Å². The molecule has 0 saturated carbocycles. The minimum absolute atomic E-state index is 0.0209. The van der Waals surface area contributed by atoms with Crippen LogP contribution in [0.4, 0.5) is 0 Å². The fourth-order valence-electron chi connectivity index (χ4n) is 3.92. The number of nitrogens with zero attached hydrogens (tertiary/aromatic N) is 1. The number of benzene rings is 2. The first-order valence-electron chi connectivity index (χ1n) is 10.4. The monoisotopic (exact) mass is 422 g/mol. The first-order valence-corrected chi connectivity index (χ1v) is 10.4. The molecule has 0 saturated heterocycles. The molecule has 7 nitrogen and oxygen atoms in total. The molecular weight excluding hydrogens is 396 g/mol. The molecular formula is C24H26N2O5. The summed E-state index contributed by atoms with van der Waals surface area (Å²) in [5, 5.41) is 3.68. The number of para-hydroxylation sites is 2. The molecule has 2 aromatic carbocycles. The molecule has 162 valence electrons. The Morgan fingerprint density at radius 1 is 1.19 bits per heavy atom. The van der Waals surface area contributed by atoms with E-state index >= 15 is 0 Å². The summed E-state index contributed by atoms with van der Waals surface area (Å²) >= 11 is 0. The Morgan fingerprint density at radius 2 is 1.94 bits per heavy atom. The molecule has 0 spiro atoms. The standard InChI is InChI=1S/C24H26N2O5/c1-4-13-26-22(27)21-20(17-10-6-8-12-19(17)31-21)30-15-24(26,2)23(28)25-14-16-9-5-7-11-18(16)29-3/h5-12H,4,13-15H2,1-3H3,(H,25,28). The van der Waals surface area contributed by atoms with E-state index in [1.165, 1.54) is 0 Å². The molecule has 0 bridgehead atoms. The first-order chi connectivity index (χ1) is 15.0. The molecule has 1 atom stereocenters. The molecule has 0 aliphatic carbocycles. The van der Waals surface area contributed by atoms with E-state index in [-0.39, 0.29) is 30.7 Å². The Labute approximate surface area is 180 Å². The lowest BCUT2D eigenvalue weighted by molar-refractivity contribution is -0.133. The van der Waals surface area contributed by atoms with Crippen molar-refractivity contribution >= 4 is 22.8 Å². The van der Waals surface area contributed by atoms with Gasteiger partial charge in [-0.15, -0.1) is 0 Å². The average molecular weight is 422 g/mol. The number of nitrogens with one attached hydrogen (secondary N) is 1. The molecule has 1 unspecified atom stereocenters. The van der Waals surface area contributed by atoms with Crippen LogP contribution < -0.4 is 14.8 Å². The maximum atomic E-state index is 13.4. The number of amides is 2. The van der Waals surface area contributed by atoms with Gasteiger partial charge < -0.3 is 24.1 Å². The second kappa shape index (κ2) is 8.34. The van der Waals surface area contributed by atoms with Gasteiger partial charge in [-0.05, 0) is 31.5 Å². The third-order valence-electron chi connectivity index (χ3n) is 5.65. The van der Waals surface area contributed by atoms with Crippen LogP contribution in [0.25, 0.3) is 11.0 Å². The van der Waals surface area contributed by atoms with Crippen molar-refractivity contribution in [3.05, 3.63) is 59.9 Å². The van der Waals surface area contributed by atoms with Crippen molar-refractivity contribution in [1.29, 1.82) is 0 Å². The molecule has 2 amide bonds. The maximum absolute atomic E-state index is 13.4. The number of carbonyl (C=O) groups excluding carboxylic acids is 2. The van der Waals surface area contributed by atoms with Crippen LogP contribution in [0.3, 0.4) is 0 Å². The van der Waals surface area contributed by atoms with Crippen molar-refractivity contribution in [2.45, 2.75) is 32.4 Å². The summed E-state index contributed by atoms with van der Waals surface area (Å²) < 4.78 is 17.2. The lowest BCUT2D eigenvalue weighted by atomic mass is 9.98. The van der Waals surface area contributed by atoms with Gasteiger partial charge in [0.05, 0.1) is 12.5 Å². The minimum atomic E-state index is -1.20. The van der Waals surface area contributed by atoms with Gasteiger partial charge in [0.2, 0.25) is 11.7 Å². The smallest absolute Gasteiger partial charge is 0.294 e. The molecule has 1 aliphatic heterocycles. The maximum Gasteiger partial charge on any atom is 0.294 e. The van der Waals surface area contributed by atoms with Crippen LogP contribution in [0.1, 0.15) is 36.4 Å². The van der Waals surface area contributed by atoms with Gasteiger partial charge in [-0.3, -0.25) is 9.59 Å². The van der Waals surface area contributed by atoms with E-state index in [1.807, 2.05) is 49.4 Å². The largest absolute Gasteiger partial charge is 0.496 e. The number of ether oxygens (including phenoxy) is 2. The lowest BCUT2D eigenvalue weighted by Gasteiger charge is -2.37. The summed E-state index contributed by atoms with van der Waals surface area (Å²) in [7, 11) is 1.59. The number of hydrogen-bond acceptors (Lipinski definition) is 5. The lowest BCUT2D eigenvalue weighted by Crippen LogP contribution is -2.61. The highest BCUT2D eigenvalue weighted by molar-refractivity contribution is 6.04. The van der Waals surface area contributed by atoms with Gasteiger partial charge in [-0.1, -0.05) is 37.3 Å². The Kier molecular flexibility index (Phi) is 5.59. The van der Waals surface area contributed by atoms with Crippen molar-refractivity contribution in [3.63, 3.8) is 0 Å². The average Bonchev–Trinajstić information content (AvgIpc) is 3.13. The van der Waals surface area contributed by atoms with Crippen LogP contribution in [-0.4, -0.2) is 42.5 Å². The van der Waals surface area contributed by atoms with E-state index < -0.39 is 5.54 Å². The number of carbonyl (C=O) groups is 2. The van der Waals surface area contributed by atoms with E-state index in [2.05, 4.69) is 5.32 Å². The summed E-state index contributed by atoms with van der Waals surface area (Å²) in [4.78, 5) is 28.4. The zero-order chi connectivity index (χ0) is 22.0. The van der Waals surface area contributed by atoms with Crippen LogP contribution in [0.5, 0.6) is 11.5 Å². The van der Waals surface area contributed by atoms with Crippen LogP contribution in [0, 0.1) is 0 Å². The molecule has 0 fully saturated rings. The van der Waals surface area contributed by atoms with Crippen LogP contribution in [0.2, 0.25) is 0 Å². The summed E-state index contributed by atoms with van der Waals surface area (Å²) in [6.45, 7) is 4.39. The fraction of sp³-hybridized carbons (Fsp3) is 0.333. The molecule has 7 heteroatoms. The Morgan fingerprint density at radius 3 is 2.71 bits per heavy atom. The number of fused-ring (bicyclic) bond motifs is 3. The molecule has 1 N–H and O–H groups in total. The zero-order valence-electron chi connectivity index (χ0n) is 17.9. The van der Waals surface area contributed by atoms with Gasteiger partial charge in [0.1, 0.15) is 17.9 Å². The highest BCUT2D eigenvalue weighted by atomic mass is 16.5. The highest BCUT2D eigenvalue weighted by Gasteiger charge is 2.47. The second-order valence-electron chi connectivity index (χ2n) is 7.77. The molecule has 2 heterocycles. The van der Waals surface area contributed by atoms with Crippen molar-refractivity contribution < 1.29 is 23.5 Å². The van der Waals surface area contributed by atoms with Gasteiger partial charge in [-0.25, -0.2) is 0 Å². The Hall–Kier alpha value is -3.48. The van der Waals surface area contributed by atoms with Gasteiger partial charge in [0, 0.05) is 18.7 Å². The Bertz CT molecular complexity index is 1120. The predicted molar refractivity (Wildman–Crippen MR) is 116 cm³/mol. The van der Waals surface area contributed by atoms with E-state index in [4.69, 9.17) is 13.9 Å². The van der Waals surface area contributed by atoms with Crippen molar-refractivity contribution in [3.8, 4) is 11.5 Å². The van der Waals surface area contributed by atoms with Crippen molar-refractivity contribution in [1.82, 2.24) is 10.2 Å². The molecule has 0 radical (unpaired) electrons. The molecule has 3 aromatic rings. The van der Waals surface area contributed by atoms with Crippen molar-refractivity contribution in [2.24, 2.45) is 0 Å². The first kappa shape index (κ1) is 20.8.